The first-order valence-corrected chi connectivity index (χ1v) is 6.97. The average molecular weight is 283 g/mol. The quantitative estimate of drug-likeness (QED) is 0.870. The Morgan fingerprint density at radius 3 is 2.58 bits per heavy atom. The van der Waals surface area contributed by atoms with Gasteiger partial charge in [-0.05, 0) is 30.0 Å². The van der Waals surface area contributed by atoms with Crippen LogP contribution in [0.2, 0.25) is 5.02 Å². The lowest BCUT2D eigenvalue weighted by atomic mass is 10.0. The minimum atomic E-state index is -0.144. The zero-order valence-electron chi connectivity index (χ0n) is 12.1. The number of carbonyl (C=O) groups is 1. The molecule has 3 nitrogen and oxygen atoms in total. The summed E-state index contributed by atoms with van der Waals surface area (Å²) >= 11 is 5.95. The van der Waals surface area contributed by atoms with Gasteiger partial charge in [-0.1, -0.05) is 37.6 Å². The van der Waals surface area contributed by atoms with Crippen molar-refractivity contribution in [3.63, 3.8) is 0 Å². The first kappa shape index (κ1) is 16.0. The summed E-state index contributed by atoms with van der Waals surface area (Å²) in [5, 5.41) is 4.05. The number of benzene rings is 1. The normalized spacial score (nSPS) is 12.5. The van der Waals surface area contributed by atoms with Gasteiger partial charge in [-0.2, -0.15) is 0 Å². The molecule has 0 aliphatic carbocycles. The van der Waals surface area contributed by atoms with Crippen molar-refractivity contribution < 1.29 is 4.79 Å². The fraction of sp³-hybridized carbons (Fsp3) is 0.533. The third-order valence-corrected chi connectivity index (χ3v) is 3.12. The maximum atomic E-state index is 12.1. The van der Waals surface area contributed by atoms with Gasteiger partial charge in [0.25, 0.3) is 0 Å². The molecule has 1 rings (SSSR count). The van der Waals surface area contributed by atoms with Gasteiger partial charge < -0.3 is 10.2 Å². The Bertz CT molecular complexity index is 418. The van der Waals surface area contributed by atoms with Crippen molar-refractivity contribution in [1.82, 2.24) is 10.2 Å². The molecule has 0 aromatic heterocycles. The second kappa shape index (κ2) is 7.51. The van der Waals surface area contributed by atoms with Crippen LogP contribution < -0.4 is 5.32 Å². The lowest BCUT2D eigenvalue weighted by Crippen LogP contribution is -2.44. The van der Waals surface area contributed by atoms with Crippen molar-refractivity contribution in [2.24, 2.45) is 5.92 Å². The number of rotatable bonds is 6. The monoisotopic (exact) mass is 282 g/mol. The first-order chi connectivity index (χ1) is 8.90. The van der Waals surface area contributed by atoms with Crippen molar-refractivity contribution in [1.29, 1.82) is 0 Å². The number of hydrogen-bond acceptors (Lipinski definition) is 2. The number of carbonyl (C=O) groups excluding carboxylic acids is 1. The molecule has 19 heavy (non-hydrogen) atoms. The number of amides is 1. The van der Waals surface area contributed by atoms with E-state index in [0.717, 1.165) is 17.0 Å². The number of nitrogens with zero attached hydrogens (tertiary/aromatic N) is 1. The average Bonchev–Trinajstić information content (AvgIpc) is 2.33. The summed E-state index contributed by atoms with van der Waals surface area (Å²) in [6.07, 6.45) is 0.831. The minimum Gasteiger partial charge on any atom is -0.347 e. The Hall–Kier alpha value is -1.06. The number of halogens is 1. The van der Waals surface area contributed by atoms with Crippen molar-refractivity contribution in [3.8, 4) is 0 Å². The smallest absolute Gasteiger partial charge is 0.239 e. The molecule has 4 heteroatoms. The number of nitrogens with one attached hydrogen (secondary N) is 1. The molecule has 1 aromatic rings. The Labute approximate surface area is 120 Å². The van der Waals surface area contributed by atoms with Gasteiger partial charge in [0.05, 0.1) is 6.04 Å². The molecule has 0 heterocycles. The van der Waals surface area contributed by atoms with Gasteiger partial charge in [-0.25, -0.2) is 0 Å². The Kier molecular flexibility index (Phi) is 6.32. The molecule has 0 bridgehead atoms. The van der Waals surface area contributed by atoms with Gasteiger partial charge in [0, 0.05) is 25.7 Å². The van der Waals surface area contributed by atoms with E-state index in [1.165, 1.54) is 0 Å². The highest BCUT2D eigenvalue weighted by Crippen LogP contribution is 2.12. The molecule has 0 aliphatic heterocycles. The molecule has 0 saturated carbocycles. The molecule has 106 valence electrons. The van der Waals surface area contributed by atoms with E-state index in [9.17, 15) is 4.79 Å². The fourth-order valence-electron chi connectivity index (χ4n) is 1.94. The van der Waals surface area contributed by atoms with E-state index in [4.69, 9.17) is 11.6 Å². The third kappa shape index (κ3) is 5.62. The Morgan fingerprint density at radius 1 is 1.37 bits per heavy atom. The number of hydrogen-bond donors (Lipinski definition) is 1. The molecule has 1 atom stereocenters. The van der Waals surface area contributed by atoms with Gasteiger partial charge in [0.2, 0.25) is 5.91 Å². The van der Waals surface area contributed by atoms with Gasteiger partial charge >= 0.3 is 0 Å². The van der Waals surface area contributed by atoms with Crippen LogP contribution in [0.25, 0.3) is 0 Å². The van der Waals surface area contributed by atoms with E-state index in [2.05, 4.69) is 19.2 Å². The maximum absolute atomic E-state index is 12.1. The fourth-order valence-corrected chi connectivity index (χ4v) is 2.16. The first-order valence-electron chi connectivity index (χ1n) is 6.59. The molecule has 1 amide bonds. The molecule has 0 spiro atoms. The summed E-state index contributed by atoms with van der Waals surface area (Å²) in [4.78, 5) is 13.7. The summed E-state index contributed by atoms with van der Waals surface area (Å²) < 4.78 is 0. The van der Waals surface area contributed by atoms with E-state index in [-0.39, 0.29) is 11.9 Å². The summed E-state index contributed by atoms with van der Waals surface area (Å²) in [6, 6.07) is 7.55. The van der Waals surface area contributed by atoms with Crippen LogP contribution in [0.5, 0.6) is 0 Å². The largest absolute Gasteiger partial charge is 0.347 e. The highest BCUT2D eigenvalue weighted by Gasteiger charge is 2.20. The second-order valence-electron chi connectivity index (χ2n) is 5.43. The van der Waals surface area contributed by atoms with Crippen molar-refractivity contribution in [3.05, 3.63) is 34.9 Å². The molecule has 0 saturated heterocycles. The van der Waals surface area contributed by atoms with Crippen LogP contribution >= 0.6 is 11.6 Å². The van der Waals surface area contributed by atoms with Gasteiger partial charge in [-0.3, -0.25) is 4.79 Å². The topological polar surface area (TPSA) is 32.3 Å². The van der Waals surface area contributed by atoms with Crippen LogP contribution in [-0.2, 0) is 11.3 Å². The predicted octanol–water partition coefficient (Wildman–Crippen LogP) is 2.93. The molecule has 0 radical (unpaired) electrons. The van der Waals surface area contributed by atoms with Crippen LogP contribution in [0.15, 0.2) is 24.3 Å². The predicted molar refractivity (Wildman–Crippen MR) is 80.2 cm³/mol. The lowest BCUT2D eigenvalue weighted by molar-refractivity contribution is -0.131. The van der Waals surface area contributed by atoms with Crippen LogP contribution in [0, 0.1) is 5.92 Å². The third-order valence-electron chi connectivity index (χ3n) is 2.89. The standard InChI is InChI=1S/C15H23ClN2O/c1-11(2)8-14(15(19)18(3)4)17-10-12-6-5-7-13(16)9-12/h5-7,9,11,14,17H,8,10H2,1-4H3. The van der Waals surface area contributed by atoms with Gasteiger partial charge in [-0.15, -0.1) is 0 Å². The van der Waals surface area contributed by atoms with Crippen molar-refractivity contribution in [2.45, 2.75) is 32.9 Å². The molecule has 0 fully saturated rings. The van der Waals surface area contributed by atoms with E-state index in [1.54, 1.807) is 19.0 Å². The summed E-state index contributed by atoms with van der Waals surface area (Å²) in [5.41, 5.74) is 1.09. The zero-order chi connectivity index (χ0) is 14.4. The van der Waals surface area contributed by atoms with Crippen molar-refractivity contribution in [2.75, 3.05) is 14.1 Å². The zero-order valence-corrected chi connectivity index (χ0v) is 12.9. The second-order valence-corrected chi connectivity index (χ2v) is 5.86. The Balaban J connectivity index is 2.65. The summed E-state index contributed by atoms with van der Waals surface area (Å²) in [6.45, 7) is 4.89. The molecular weight excluding hydrogens is 260 g/mol. The molecule has 1 N–H and O–H groups in total. The maximum Gasteiger partial charge on any atom is 0.239 e. The molecule has 1 unspecified atom stereocenters. The molecule has 1 aromatic carbocycles. The van der Waals surface area contributed by atoms with E-state index >= 15 is 0 Å². The van der Waals surface area contributed by atoms with Gasteiger partial charge in [0.15, 0.2) is 0 Å². The Morgan fingerprint density at radius 2 is 2.05 bits per heavy atom. The van der Waals surface area contributed by atoms with Crippen LogP contribution in [0.4, 0.5) is 0 Å². The van der Waals surface area contributed by atoms with E-state index < -0.39 is 0 Å². The molecule has 0 aliphatic rings. The van der Waals surface area contributed by atoms with Gasteiger partial charge in [0.1, 0.15) is 0 Å². The highest BCUT2D eigenvalue weighted by molar-refractivity contribution is 6.30. The summed E-state index contributed by atoms with van der Waals surface area (Å²) in [5.74, 6) is 0.594. The van der Waals surface area contributed by atoms with E-state index in [1.807, 2.05) is 24.3 Å². The lowest BCUT2D eigenvalue weighted by Gasteiger charge is -2.23. The van der Waals surface area contributed by atoms with Crippen LogP contribution in [0.1, 0.15) is 25.8 Å². The summed E-state index contributed by atoms with van der Waals surface area (Å²) in [7, 11) is 3.58. The van der Waals surface area contributed by atoms with Crippen LogP contribution in [0.3, 0.4) is 0 Å². The van der Waals surface area contributed by atoms with Crippen molar-refractivity contribution >= 4 is 17.5 Å². The van der Waals surface area contributed by atoms with E-state index in [0.29, 0.717) is 12.5 Å². The SMILES string of the molecule is CC(C)CC(NCc1cccc(Cl)c1)C(=O)N(C)C. The number of likely N-dealkylation sites (N-methyl/N-ethyl adjacent to an activating group) is 1. The minimum absolute atomic E-state index is 0.121. The highest BCUT2D eigenvalue weighted by atomic mass is 35.5. The van der Waals surface area contributed by atoms with Crippen LogP contribution in [-0.4, -0.2) is 30.9 Å². The molecular formula is C15H23ClN2O.